The Bertz CT molecular complexity index is 2440. The number of pyridine rings is 1. The minimum Gasteiger partial charge on any atom is -0.378 e. The molecule has 1 amide bonds. The third-order valence-electron chi connectivity index (χ3n) is 8.56. The first-order valence-electron chi connectivity index (χ1n) is 16.5. The van der Waals surface area contributed by atoms with Crippen molar-refractivity contribution >= 4 is 38.4 Å². The van der Waals surface area contributed by atoms with Crippen LogP contribution >= 0.6 is 11.6 Å². The van der Waals surface area contributed by atoms with E-state index in [0.717, 1.165) is 22.9 Å². The smallest absolute Gasteiger partial charge is 0.378 e. The number of nitrogens with one attached hydrogen (secondary N) is 2. The van der Waals surface area contributed by atoms with Gasteiger partial charge in [0.15, 0.2) is 5.69 Å². The highest BCUT2D eigenvalue weighted by atomic mass is 35.5. The summed E-state index contributed by atoms with van der Waals surface area (Å²) in [7, 11) is -1.40. The van der Waals surface area contributed by atoms with E-state index < -0.39 is 57.6 Å². The van der Waals surface area contributed by atoms with Crippen molar-refractivity contribution in [3.05, 3.63) is 93.5 Å². The topological polar surface area (TPSA) is 144 Å². The Balaban J connectivity index is 1.54. The summed E-state index contributed by atoms with van der Waals surface area (Å²) in [5.74, 6) is 2.65. The van der Waals surface area contributed by atoms with Crippen LogP contribution in [0.15, 0.2) is 53.6 Å². The summed E-state index contributed by atoms with van der Waals surface area (Å²) in [6.45, 7) is 2.28. The third-order valence-corrected chi connectivity index (χ3v) is 10.2. The predicted octanol–water partition coefficient (Wildman–Crippen LogP) is 5.79. The van der Waals surface area contributed by atoms with Crippen LogP contribution in [0.1, 0.15) is 67.0 Å². The Hall–Kier alpha value is -4.89. The average molecular weight is 790 g/mol. The van der Waals surface area contributed by atoms with E-state index in [1.54, 1.807) is 12.1 Å². The second-order valence-electron chi connectivity index (χ2n) is 13.4. The number of halogens is 6. The Morgan fingerprint density at radius 1 is 1.06 bits per heavy atom. The number of rotatable bonds is 10. The zero-order chi connectivity index (χ0) is 39.3. The van der Waals surface area contributed by atoms with Crippen molar-refractivity contribution in [1.29, 1.82) is 0 Å². The van der Waals surface area contributed by atoms with Crippen LogP contribution in [-0.4, -0.2) is 56.6 Å². The van der Waals surface area contributed by atoms with Gasteiger partial charge in [0.05, 0.1) is 27.7 Å². The molecule has 11 nitrogen and oxygen atoms in total. The molecule has 0 bridgehead atoms. The maximum Gasteiger partial charge on any atom is 0.435 e. The summed E-state index contributed by atoms with van der Waals surface area (Å²) >= 11 is 6.55. The number of carbonyl (C=O) groups excluding carboxylic acids is 1. The largest absolute Gasteiger partial charge is 0.435 e. The number of carbonyl (C=O) groups is 1. The van der Waals surface area contributed by atoms with E-state index in [1.165, 1.54) is 44.8 Å². The number of hydrogen-bond acceptors (Lipinski definition) is 7. The molecule has 5 aromatic rings. The molecule has 0 saturated heterocycles. The zero-order valence-electron chi connectivity index (χ0n) is 29.2. The van der Waals surface area contributed by atoms with Crippen molar-refractivity contribution in [1.82, 2.24) is 34.6 Å². The summed E-state index contributed by atoms with van der Waals surface area (Å²) < 4.78 is 100. The summed E-state index contributed by atoms with van der Waals surface area (Å²) in [4.78, 5) is 18.6. The maximum atomic E-state index is 14.5. The molecule has 54 heavy (non-hydrogen) atoms. The Kier molecular flexibility index (Phi) is 10.4. The molecular weight excluding hydrogens is 757 g/mol. The minimum atomic E-state index is -4.75. The lowest BCUT2D eigenvalue weighted by Crippen LogP contribution is -2.34. The first-order chi connectivity index (χ1) is 25.2. The van der Waals surface area contributed by atoms with Gasteiger partial charge in [0.2, 0.25) is 10.9 Å². The number of aromatic nitrogens is 5. The standard InChI is InChI=1S/C36H33ClF5N7O4S/c1-35(2,51)12-11-23-7-8-24(25-9-10-26(37)31-33(25)48(4)47-34(31)54(52,53)43-3)32(44-23)27(15-19-13-21(38)16-22(39)14-19)45-30(50)18-49-28(20-5-6-20)17-29(46-49)36(40,41)42/h7-10,13-14,16-17,20,27,43,51H,5-6,15,18H2,1-4H3,(H,45,50)/t27-/m0/s1. The van der Waals surface area contributed by atoms with E-state index in [2.05, 4.69) is 32.1 Å². The van der Waals surface area contributed by atoms with Gasteiger partial charge in [-0.1, -0.05) is 23.6 Å². The quantitative estimate of drug-likeness (QED) is 0.120. The SMILES string of the molecule is CNS(=O)(=O)c1nn(C)c2c(-c3ccc(C#CC(C)(C)O)nc3[C@H](Cc3cc(F)cc(F)c3)NC(=O)Cn3nc(C(F)(F)F)cc3C3CC3)ccc(Cl)c12. The molecule has 6 rings (SSSR count). The molecule has 0 radical (unpaired) electrons. The lowest BCUT2D eigenvalue weighted by molar-refractivity contribution is -0.141. The molecule has 1 aliphatic rings. The second-order valence-corrected chi connectivity index (χ2v) is 15.6. The van der Waals surface area contributed by atoms with Gasteiger partial charge in [-0.2, -0.15) is 23.4 Å². The summed E-state index contributed by atoms with van der Waals surface area (Å²) in [6, 6.07) is 8.62. The Labute approximate surface area is 311 Å². The normalized spacial score (nSPS) is 14.2. The first-order valence-corrected chi connectivity index (χ1v) is 18.3. The highest BCUT2D eigenvalue weighted by Gasteiger charge is 2.38. The highest BCUT2D eigenvalue weighted by molar-refractivity contribution is 7.89. The van der Waals surface area contributed by atoms with Gasteiger partial charge in [0.1, 0.15) is 29.5 Å². The van der Waals surface area contributed by atoms with Crippen molar-refractivity contribution in [2.75, 3.05) is 7.05 Å². The van der Waals surface area contributed by atoms with Crippen LogP contribution in [0.3, 0.4) is 0 Å². The number of fused-ring (bicyclic) bond motifs is 1. The van der Waals surface area contributed by atoms with Gasteiger partial charge in [-0.25, -0.2) is 26.9 Å². The molecule has 284 valence electrons. The van der Waals surface area contributed by atoms with Crippen LogP contribution in [0.2, 0.25) is 5.02 Å². The van der Waals surface area contributed by atoms with Crippen molar-refractivity contribution < 1.29 is 40.3 Å². The van der Waals surface area contributed by atoms with Crippen LogP contribution in [0.5, 0.6) is 0 Å². The molecule has 18 heteroatoms. The molecule has 3 aromatic heterocycles. The van der Waals surface area contributed by atoms with Gasteiger partial charge in [-0.15, -0.1) is 0 Å². The van der Waals surface area contributed by atoms with Gasteiger partial charge >= 0.3 is 6.18 Å². The Morgan fingerprint density at radius 3 is 2.33 bits per heavy atom. The second kappa shape index (κ2) is 14.4. The number of benzene rings is 2. The van der Waals surface area contributed by atoms with Gasteiger partial charge in [-0.05, 0) is 88.0 Å². The summed E-state index contributed by atoms with van der Waals surface area (Å²) in [6.07, 6.45) is -3.76. The molecule has 0 aliphatic heterocycles. The number of aliphatic hydroxyl groups is 1. The molecule has 1 aliphatic carbocycles. The zero-order valence-corrected chi connectivity index (χ0v) is 30.8. The van der Waals surface area contributed by atoms with Crippen molar-refractivity contribution in [2.45, 2.75) is 68.4 Å². The van der Waals surface area contributed by atoms with Gasteiger partial charge < -0.3 is 10.4 Å². The first kappa shape index (κ1) is 38.8. The van der Waals surface area contributed by atoms with Gasteiger partial charge in [0.25, 0.3) is 10.0 Å². The van der Waals surface area contributed by atoms with Crippen molar-refractivity contribution in [2.24, 2.45) is 7.05 Å². The van der Waals surface area contributed by atoms with Gasteiger partial charge in [-0.3, -0.25) is 14.2 Å². The third kappa shape index (κ3) is 8.41. The van der Waals surface area contributed by atoms with Crippen LogP contribution < -0.4 is 10.0 Å². The van der Waals surface area contributed by atoms with Gasteiger partial charge in [0, 0.05) is 35.9 Å². The lowest BCUT2D eigenvalue weighted by atomic mass is 9.93. The fourth-order valence-corrected chi connectivity index (χ4v) is 7.26. The number of hydrogen-bond donors (Lipinski definition) is 3. The van der Waals surface area contributed by atoms with E-state index in [-0.39, 0.29) is 55.9 Å². The van der Waals surface area contributed by atoms with E-state index in [0.29, 0.717) is 30.0 Å². The molecule has 1 saturated carbocycles. The monoisotopic (exact) mass is 789 g/mol. The summed E-state index contributed by atoms with van der Waals surface area (Å²) in [5.41, 5.74) is -1.15. The van der Waals surface area contributed by atoms with Crippen LogP contribution in [0, 0.1) is 23.5 Å². The molecule has 0 spiro atoms. The lowest BCUT2D eigenvalue weighted by Gasteiger charge is -2.23. The molecule has 1 fully saturated rings. The molecule has 3 N–H and O–H groups in total. The van der Waals surface area contributed by atoms with Crippen LogP contribution in [0.4, 0.5) is 22.0 Å². The van der Waals surface area contributed by atoms with Crippen LogP contribution in [0.25, 0.3) is 22.0 Å². The number of aryl methyl sites for hydroxylation is 1. The van der Waals surface area contributed by atoms with E-state index in [4.69, 9.17) is 16.6 Å². The fourth-order valence-electron chi connectivity index (χ4n) is 6.06. The highest BCUT2D eigenvalue weighted by Crippen LogP contribution is 2.42. The Morgan fingerprint density at radius 2 is 1.72 bits per heavy atom. The average Bonchev–Trinajstić information content (AvgIpc) is 3.72. The molecule has 0 unspecified atom stereocenters. The molecule has 3 heterocycles. The molecular formula is C36H33ClF5N7O4S. The van der Waals surface area contributed by atoms with E-state index in [9.17, 15) is 40.3 Å². The summed E-state index contributed by atoms with van der Waals surface area (Å²) in [5, 5.41) is 20.7. The predicted molar refractivity (Wildman–Crippen MR) is 189 cm³/mol. The van der Waals surface area contributed by atoms with Crippen molar-refractivity contribution in [3.8, 4) is 23.0 Å². The fraction of sp³-hybridized carbons (Fsp3) is 0.333. The number of sulfonamides is 1. The number of alkyl halides is 3. The van der Waals surface area contributed by atoms with E-state index >= 15 is 0 Å². The van der Waals surface area contributed by atoms with E-state index in [1.807, 2.05) is 0 Å². The maximum absolute atomic E-state index is 14.5. The minimum absolute atomic E-state index is 0.0573. The van der Waals surface area contributed by atoms with Crippen LogP contribution in [-0.2, 0) is 41.0 Å². The van der Waals surface area contributed by atoms with Crippen molar-refractivity contribution in [3.63, 3.8) is 0 Å². The number of amides is 1. The molecule has 1 atom stereocenters. The molecule has 2 aromatic carbocycles. The number of nitrogens with zero attached hydrogens (tertiary/aromatic N) is 5.